The highest BCUT2D eigenvalue weighted by atomic mass is 32.2. The van der Waals surface area contributed by atoms with Gasteiger partial charge in [0.15, 0.2) is 0 Å². The summed E-state index contributed by atoms with van der Waals surface area (Å²) in [4.78, 5) is 0.257. The van der Waals surface area contributed by atoms with Gasteiger partial charge in [-0.05, 0) is 20.3 Å². The topological polar surface area (TPSA) is 99.2 Å². The quantitative estimate of drug-likeness (QED) is 0.763. The van der Waals surface area contributed by atoms with Gasteiger partial charge in [0.1, 0.15) is 4.90 Å². The van der Waals surface area contributed by atoms with Gasteiger partial charge in [0.2, 0.25) is 10.0 Å². The van der Waals surface area contributed by atoms with Gasteiger partial charge in [0.25, 0.3) is 0 Å². The van der Waals surface area contributed by atoms with Crippen LogP contribution in [-0.2, 0) is 21.3 Å². The Morgan fingerprint density at radius 1 is 1.53 bits per heavy atom. The second-order valence-corrected chi connectivity index (χ2v) is 6.34. The summed E-state index contributed by atoms with van der Waals surface area (Å²) in [6.45, 7) is 5.39. The minimum absolute atomic E-state index is 0.151. The van der Waals surface area contributed by atoms with Crippen molar-refractivity contribution in [1.82, 2.24) is 14.5 Å². The zero-order valence-electron chi connectivity index (χ0n) is 11.2. The summed E-state index contributed by atoms with van der Waals surface area (Å²) in [6.07, 6.45) is 0.703. The van der Waals surface area contributed by atoms with Crippen LogP contribution >= 0.6 is 0 Å². The molecule has 108 valence electrons. The fourth-order valence-electron chi connectivity index (χ4n) is 2.32. The number of hydrogen-bond acceptors (Lipinski definition) is 5. The summed E-state index contributed by atoms with van der Waals surface area (Å²) in [5, 5.41) is 4.23. The Bertz CT molecular complexity index is 547. The zero-order valence-corrected chi connectivity index (χ0v) is 12.0. The van der Waals surface area contributed by atoms with Crippen LogP contribution < -0.4 is 10.5 Å². The van der Waals surface area contributed by atoms with Gasteiger partial charge in [-0.1, -0.05) is 0 Å². The predicted octanol–water partition coefficient (Wildman–Crippen LogP) is -0.474. The number of sulfonamides is 1. The van der Waals surface area contributed by atoms with Gasteiger partial charge in [0, 0.05) is 19.2 Å². The molecule has 3 N–H and O–H groups in total. The first kappa shape index (κ1) is 14.4. The Morgan fingerprint density at radius 3 is 2.84 bits per heavy atom. The van der Waals surface area contributed by atoms with Gasteiger partial charge in [-0.15, -0.1) is 0 Å². The normalized spacial score (nSPS) is 20.1. The van der Waals surface area contributed by atoms with Gasteiger partial charge in [0.05, 0.1) is 24.5 Å². The number of nitrogens with one attached hydrogen (secondary N) is 1. The predicted molar refractivity (Wildman–Crippen MR) is 70.3 cm³/mol. The Morgan fingerprint density at radius 2 is 2.26 bits per heavy atom. The summed E-state index contributed by atoms with van der Waals surface area (Å²) in [5.74, 6) is 0. The SMILES string of the molecule is Cc1nn(CCN)c(C)c1S(=O)(=O)NC1CCOC1. The molecule has 0 radical (unpaired) electrons. The molecular weight excluding hydrogens is 268 g/mol. The molecule has 1 atom stereocenters. The molecule has 1 aromatic heterocycles. The number of nitrogens with zero attached hydrogens (tertiary/aromatic N) is 2. The number of aromatic nitrogens is 2. The lowest BCUT2D eigenvalue weighted by molar-refractivity contribution is 0.192. The molecule has 7 nitrogen and oxygen atoms in total. The molecule has 0 aliphatic carbocycles. The van der Waals surface area contributed by atoms with Crippen molar-refractivity contribution in [3.8, 4) is 0 Å². The van der Waals surface area contributed by atoms with E-state index in [4.69, 9.17) is 10.5 Å². The third kappa shape index (κ3) is 2.97. The highest BCUT2D eigenvalue weighted by Crippen LogP contribution is 2.20. The first-order chi connectivity index (χ1) is 8.95. The molecule has 0 bridgehead atoms. The highest BCUT2D eigenvalue weighted by molar-refractivity contribution is 7.89. The fourth-order valence-corrected chi connectivity index (χ4v) is 3.98. The molecule has 0 saturated carbocycles. The lowest BCUT2D eigenvalue weighted by Crippen LogP contribution is -2.35. The van der Waals surface area contributed by atoms with E-state index in [1.807, 2.05) is 0 Å². The Balaban J connectivity index is 2.29. The number of aryl methyl sites for hydroxylation is 1. The molecule has 19 heavy (non-hydrogen) atoms. The molecule has 2 rings (SSSR count). The van der Waals surface area contributed by atoms with Crippen LogP contribution in [0.25, 0.3) is 0 Å². The summed E-state index contributed by atoms with van der Waals surface area (Å²) in [5.41, 5.74) is 6.60. The molecule has 1 aliphatic heterocycles. The van der Waals surface area contributed by atoms with Crippen molar-refractivity contribution >= 4 is 10.0 Å². The number of nitrogens with two attached hydrogens (primary N) is 1. The van der Waals surface area contributed by atoms with E-state index >= 15 is 0 Å². The van der Waals surface area contributed by atoms with Crippen LogP contribution in [0.2, 0.25) is 0 Å². The average Bonchev–Trinajstić information content (AvgIpc) is 2.88. The lowest BCUT2D eigenvalue weighted by atomic mass is 10.3. The molecular formula is C11H20N4O3S. The van der Waals surface area contributed by atoms with E-state index in [0.29, 0.717) is 44.1 Å². The third-order valence-corrected chi connectivity index (χ3v) is 4.95. The minimum atomic E-state index is -3.56. The van der Waals surface area contributed by atoms with Gasteiger partial charge < -0.3 is 10.5 Å². The summed E-state index contributed by atoms with van der Waals surface area (Å²) < 4.78 is 34.3. The van der Waals surface area contributed by atoms with Crippen LogP contribution in [0.4, 0.5) is 0 Å². The molecule has 1 unspecified atom stereocenters. The summed E-state index contributed by atoms with van der Waals surface area (Å²) in [7, 11) is -3.56. The Hall–Kier alpha value is -0.960. The fraction of sp³-hybridized carbons (Fsp3) is 0.727. The molecule has 1 saturated heterocycles. The van der Waals surface area contributed by atoms with Crippen molar-refractivity contribution in [1.29, 1.82) is 0 Å². The molecule has 2 heterocycles. The van der Waals surface area contributed by atoms with Crippen LogP contribution in [0.5, 0.6) is 0 Å². The molecule has 1 aliphatic rings. The van der Waals surface area contributed by atoms with Crippen LogP contribution in [0, 0.1) is 13.8 Å². The second-order valence-electron chi connectivity index (χ2n) is 4.69. The van der Waals surface area contributed by atoms with E-state index in [0.717, 1.165) is 0 Å². The maximum Gasteiger partial charge on any atom is 0.244 e. The molecule has 1 fully saturated rings. The van der Waals surface area contributed by atoms with E-state index in [1.54, 1.807) is 18.5 Å². The molecule has 0 spiro atoms. The first-order valence-corrected chi connectivity index (χ1v) is 7.78. The van der Waals surface area contributed by atoms with Crippen LogP contribution in [0.15, 0.2) is 4.90 Å². The van der Waals surface area contributed by atoms with Gasteiger partial charge in [-0.2, -0.15) is 5.10 Å². The summed E-state index contributed by atoms with van der Waals surface area (Å²) in [6, 6.07) is -0.151. The van der Waals surface area contributed by atoms with Crippen molar-refractivity contribution in [3.05, 3.63) is 11.4 Å². The van der Waals surface area contributed by atoms with Crippen molar-refractivity contribution in [2.75, 3.05) is 19.8 Å². The number of ether oxygens (including phenoxy) is 1. The van der Waals surface area contributed by atoms with Crippen molar-refractivity contribution in [2.45, 2.75) is 37.8 Å². The highest BCUT2D eigenvalue weighted by Gasteiger charge is 2.28. The van der Waals surface area contributed by atoms with Crippen LogP contribution in [0.3, 0.4) is 0 Å². The maximum atomic E-state index is 12.4. The Kier molecular flexibility index (Phi) is 4.24. The van der Waals surface area contributed by atoms with Gasteiger partial charge >= 0.3 is 0 Å². The molecule has 8 heteroatoms. The van der Waals surface area contributed by atoms with Crippen LogP contribution in [0.1, 0.15) is 17.8 Å². The summed E-state index contributed by atoms with van der Waals surface area (Å²) >= 11 is 0. The monoisotopic (exact) mass is 288 g/mol. The molecule has 1 aromatic rings. The minimum Gasteiger partial charge on any atom is -0.380 e. The standard InChI is InChI=1S/C11H20N4O3S/c1-8-11(9(2)15(13-8)5-4-12)19(16,17)14-10-3-6-18-7-10/h10,14H,3-7,12H2,1-2H3. The van der Waals surface area contributed by atoms with E-state index in [-0.39, 0.29) is 10.9 Å². The van der Waals surface area contributed by atoms with E-state index < -0.39 is 10.0 Å². The number of rotatable bonds is 5. The molecule has 0 amide bonds. The number of hydrogen-bond donors (Lipinski definition) is 2. The maximum absolute atomic E-state index is 12.4. The van der Waals surface area contributed by atoms with Gasteiger partial charge in [-0.3, -0.25) is 4.68 Å². The average molecular weight is 288 g/mol. The van der Waals surface area contributed by atoms with E-state index in [2.05, 4.69) is 9.82 Å². The zero-order chi connectivity index (χ0) is 14.0. The molecule has 0 aromatic carbocycles. The third-order valence-electron chi connectivity index (χ3n) is 3.18. The van der Waals surface area contributed by atoms with Crippen molar-refractivity contribution in [3.63, 3.8) is 0 Å². The second kappa shape index (κ2) is 5.58. The van der Waals surface area contributed by atoms with Crippen molar-refractivity contribution in [2.24, 2.45) is 5.73 Å². The largest absolute Gasteiger partial charge is 0.380 e. The van der Waals surface area contributed by atoms with Gasteiger partial charge in [-0.25, -0.2) is 13.1 Å². The first-order valence-electron chi connectivity index (χ1n) is 6.30. The van der Waals surface area contributed by atoms with E-state index in [9.17, 15) is 8.42 Å². The Labute approximate surface area is 113 Å². The van der Waals surface area contributed by atoms with Crippen molar-refractivity contribution < 1.29 is 13.2 Å². The van der Waals surface area contributed by atoms with Crippen LogP contribution in [-0.4, -0.2) is 44.0 Å². The van der Waals surface area contributed by atoms with E-state index in [1.165, 1.54) is 0 Å². The lowest BCUT2D eigenvalue weighted by Gasteiger charge is -2.11. The smallest absolute Gasteiger partial charge is 0.244 e.